The first-order chi connectivity index (χ1) is 23.3. The van der Waals surface area contributed by atoms with Crippen molar-refractivity contribution < 1.29 is 29.0 Å². The van der Waals surface area contributed by atoms with E-state index in [1.807, 2.05) is 91.0 Å². The lowest BCUT2D eigenvalue weighted by atomic mass is 9.94. The molecule has 3 N–H and O–H groups in total. The van der Waals surface area contributed by atoms with Crippen molar-refractivity contribution in [2.75, 3.05) is 13.2 Å². The average molecular weight is 655 g/mol. The van der Waals surface area contributed by atoms with Crippen LogP contribution in [0, 0.1) is 11.8 Å². The summed E-state index contributed by atoms with van der Waals surface area (Å²) >= 11 is 0. The van der Waals surface area contributed by atoms with Crippen LogP contribution in [0.4, 0.5) is 0 Å². The molecule has 3 aromatic carbocycles. The summed E-state index contributed by atoms with van der Waals surface area (Å²) in [6.07, 6.45) is 7.00. The van der Waals surface area contributed by atoms with Gasteiger partial charge in [0, 0.05) is 6.42 Å². The molecular weight excluding hydrogens is 604 g/mol. The summed E-state index contributed by atoms with van der Waals surface area (Å²) in [5.74, 6) is -1.20. The summed E-state index contributed by atoms with van der Waals surface area (Å²) in [5.41, 5.74) is 3.07. The zero-order chi connectivity index (χ0) is 34.6. The van der Waals surface area contributed by atoms with Crippen LogP contribution in [0.5, 0.6) is 5.75 Å². The van der Waals surface area contributed by atoms with E-state index in [2.05, 4.69) is 23.8 Å². The number of aliphatic hydroxyl groups is 1. The highest BCUT2D eigenvalue weighted by Crippen LogP contribution is 2.19. The van der Waals surface area contributed by atoms with E-state index in [4.69, 9.17) is 9.47 Å². The van der Waals surface area contributed by atoms with Crippen molar-refractivity contribution in [2.24, 2.45) is 11.8 Å². The van der Waals surface area contributed by atoms with Gasteiger partial charge >= 0.3 is 5.97 Å². The second-order valence-electron chi connectivity index (χ2n) is 12.1. The number of hydrogen-bond donors (Lipinski definition) is 3. The third-order valence-corrected chi connectivity index (χ3v) is 7.98. The number of rotatable bonds is 22. The minimum absolute atomic E-state index is 0.0208. The maximum absolute atomic E-state index is 13.1. The molecule has 0 saturated heterocycles. The first-order valence-electron chi connectivity index (χ1n) is 16.7. The maximum Gasteiger partial charge on any atom is 0.309 e. The van der Waals surface area contributed by atoms with Gasteiger partial charge in [0.25, 0.3) is 0 Å². The fraction of sp³-hybridized carbons (Fsp3) is 0.375. The maximum atomic E-state index is 13.1. The van der Waals surface area contributed by atoms with Crippen molar-refractivity contribution in [2.45, 2.75) is 70.6 Å². The Bertz CT molecular complexity index is 1410. The molecule has 0 radical (unpaired) electrons. The van der Waals surface area contributed by atoms with E-state index in [1.165, 1.54) is 0 Å². The predicted molar refractivity (Wildman–Crippen MR) is 189 cm³/mol. The highest BCUT2D eigenvalue weighted by Gasteiger charge is 2.25. The molecule has 48 heavy (non-hydrogen) atoms. The molecule has 0 aromatic heterocycles. The zero-order valence-electron chi connectivity index (χ0n) is 28.0. The van der Waals surface area contributed by atoms with Crippen molar-refractivity contribution in [1.82, 2.24) is 10.6 Å². The molecule has 256 valence electrons. The fourth-order valence-corrected chi connectivity index (χ4v) is 5.34. The van der Waals surface area contributed by atoms with E-state index in [0.29, 0.717) is 32.3 Å². The Balaban J connectivity index is 1.46. The Kier molecular flexibility index (Phi) is 16.7. The van der Waals surface area contributed by atoms with Gasteiger partial charge in [-0.2, -0.15) is 0 Å². The topological polar surface area (TPSA) is 114 Å². The standard InChI is InChI=1S/C40H50N2O6/c1-4-6-9-19-35(24-31-15-10-7-11-16-31)40(46)48-28-30(3)41-39(45)34(14-5-2)26-38(44)42-36(27-43)25-32-20-22-37(23-21-32)47-29-33-17-12-8-13-18-33/h4-5,7-8,10-13,15-18,20-23,30,34-36,43H,1-2,6,9,14,19,24-29H2,3H3,(H,41,45)(H,42,44)/t30-,34+,35+,36-/m0/s1. The summed E-state index contributed by atoms with van der Waals surface area (Å²) in [6, 6.07) is 26.3. The van der Waals surface area contributed by atoms with Crippen LogP contribution >= 0.6 is 0 Å². The van der Waals surface area contributed by atoms with Gasteiger partial charge in [-0.1, -0.05) is 84.9 Å². The molecule has 0 heterocycles. The molecule has 0 spiro atoms. The minimum Gasteiger partial charge on any atom is -0.489 e. The lowest BCUT2D eigenvalue weighted by Crippen LogP contribution is -2.44. The number of esters is 1. The third kappa shape index (κ3) is 14.0. The van der Waals surface area contributed by atoms with Crippen LogP contribution in [0.2, 0.25) is 0 Å². The van der Waals surface area contributed by atoms with Crippen molar-refractivity contribution in [3.05, 3.63) is 127 Å². The Morgan fingerprint density at radius 3 is 2.08 bits per heavy atom. The van der Waals surface area contributed by atoms with E-state index in [1.54, 1.807) is 13.0 Å². The molecular formula is C40H50N2O6. The molecule has 0 bridgehead atoms. The molecule has 0 aliphatic carbocycles. The van der Waals surface area contributed by atoms with Crippen molar-refractivity contribution in [1.29, 1.82) is 0 Å². The van der Waals surface area contributed by atoms with Crippen LogP contribution in [-0.2, 0) is 38.6 Å². The predicted octanol–water partition coefficient (Wildman–Crippen LogP) is 6.13. The van der Waals surface area contributed by atoms with Crippen LogP contribution in [-0.4, -0.2) is 48.2 Å². The quantitative estimate of drug-likeness (QED) is 0.0683. The SMILES string of the molecule is C=CCCC[C@H](Cc1ccccc1)C(=O)OC[C@H](C)NC(=O)[C@H](CC=C)CC(=O)N[C@H](CO)Cc1ccc(OCc2ccccc2)cc1. The minimum atomic E-state index is -0.661. The summed E-state index contributed by atoms with van der Waals surface area (Å²) < 4.78 is 11.5. The third-order valence-electron chi connectivity index (χ3n) is 7.98. The fourth-order valence-electron chi connectivity index (χ4n) is 5.34. The second kappa shape index (κ2) is 21.2. The molecule has 4 atom stereocenters. The van der Waals surface area contributed by atoms with E-state index in [-0.39, 0.29) is 43.3 Å². The van der Waals surface area contributed by atoms with Gasteiger partial charge in [0.05, 0.1) is 30.5 Å². The summed E-state index contributed by atoms with van der Waals surface area (Å²) in [7, 11) is 0. The number of aliphatic hydroxyl groups excluding tert-OH is 1. The highest BCUT2D eigenvalue weighted by molar-refractivity contribution is 5.86. The summed E-state index contributed by atoms with van der Waals surface area (Å²) in [4.78, 5) is 39.1. The van der Waals surface area contributed by atoms with Crippen LogP contribution < -0.4 is 15.4 Å². The van der Waals surface area contributed by atoms with Gasteiger partial charge in [0.1, 0.15) is 19.0 Å². The van der Waals surface area contributed by atoms with Gasteiger partial charge in [-0.3, -0.25) is 14.4 Å². The van der Waals surface area contributed by atoms with Gasteiger partial charge in [0.15, 0.2) is 0 Å². The van der Waals surface area contributed by atoms with Crippen LogP contribution in [0.3, 0.4) is 0 Å². The molecule has 0 fully saturated rings. The first kappa shape index (κ1) is 37.8. The number of nitrogens with one attached hydrogen (secondary N) is 2. The van der Waals surface area contributed by atoms with E-state index in [0.717, 1.165) is 35.3 Å². The molecule has 0 aliphatic heterocycles. The molecule has 2 amide bonds. The second-order valence-corrected chi connectivity index (χ2v) is 12.1. The Labute approximate surface area is 285 Å². The lowest BCUT2D eigenvalue weighted by Gasteiger charge is -2.22. The number of carbonyl (C=O) groups is 3. The number of amides is 2. The van der Waals surface area contributed by atoms with Gasteiger partial charge in [-0.25, -0.2) is 0 Å². The number of unbranched alkanes of at least 4 members (excludes halogenated alkanes) is 1. The highest BCUT2D eigenvalue weighted by atomic mass is 16.5. The number of hydrogen-bond acceptors (Lipinski definition) is 6. The first-order valence-corrected chi connectivity index (χ1v) is 16.7. The Morgan fingerprint density at radius 1 is 0.812 bits per heavy atom. The molecule has 3 aromatic rings. The van der Waals surface area contributed by atoms with Crippen molar-refractivity contribution >= 4 is 17.8 Å². The molecule has 0 saturated carbocycles. The van der Waals surface area contributed by atoms with Gasteiger partial charge in [-0.15, -0.1) is 13.2 Å². The Hall–Kier alpha value is -4.69. The van der Waals surface area contributed by atoms with Crippen molar-refractivity contribution in [3.63, 3.8) is 0 Å². The Morgan fingerprint density at radius 2 is 1.46 bits per heavy atom. The molecule has 3 rings (SSSR count). The largest absolute Gasteiger partial charge is 0.489 e. The van der Waals surface area contributed by atoms with Gasteiger partial charge in [0.2, 0.25) is 11.8 Å². The average Bonchev–Trinajstić information content (AvgIpc) is 3.10. The summed E-state index contributed by atoms with van der Waals surface area (Å²) in [6.45, 7) is 9.51. The van der Waals surface area contributed by atoms with Crippen LogP contribution in [0.15, 0.2) is 110 Å². The van der Waals surface area contributed by atoms with Gasteiger partial charge in [-0.05, 0) is 74.3 Å². The smallest absolute Gasteiger partial charge is 0.309 e. The summed E-state index contributed by atoms with van der Waals surface area (Å²) in [5, 5.41) is 15.7. The molecule has 0 aliphatic rings. The zero-order valence-corrected chi connectivity index (χ0v) is 28.0. The molecule has 8 heteroatoms. The number of allylic oxidation sites excluding steroid dienone is 2. The number of benzene rings is 3. The normalized spacial score (nSPS) is 13.3. The number of carbonyl (C=O) groups excluding carboxylic acids is 3. The van der Waals surface area contributed by atoms with Crippen molar-refractivity contribution in [3.8, 4) is 5.75 Å². The van der Waals surface area contributed by atoms with E-state index < -0.39 is 18.0 Å². The van der Waals surface area contributed by atoms with E-state index >= 15 is 0 Å². The molecule has 0 unspecified atom stereocenters. The van der Waals surface area contributed by atoms with Crippen LogP contribution in [0.25, 0.3) is 0 Å². The monoisotopic (exact) mass is 654 g/mol. The lowest BCUT2D eigenvalue weighted by molar-refractivity contribution is -0.150. The van der Waals surface area contributed by atoms with Crippen LogP contribution in [0.1, 0.15) is 55.7 Å². The molecule has 8 nitrogen and oxygen atoms in total. The van der Waals surface area contributed by atoms with Gasteiger partial charge < -0.3 is 25.2 Å². The van der Waals surface area contributed by atoms with E-state index in [9.17, 15) is 19.5 Å². The number of ether oxygens (including phenoxy) is 2.